The van der Waals surface area contributed by atoms with E-state index >= 15 is 0 Å². The van der Waals surface area contributed by atoms with Crippen molar-refractivity contribution in [3.63, 3.8) is 0 Å². The van der Waals surface area contributed by atoms with Crippen molar-refractivity contribution in [2.75, 3.05) is 32.5 Å². The number of hydrogen-bond acceptors (Lipinski definition) is 2. The number of nitrogens with one attached hydrogen (secondary N) is 1. The number of rotatable bonds is 5. The molecule has 1 aromatic rings. The number of hydrogen-bond donors (Lipinski definition) is 1. The minimum Gasteiger partial charge on any atom is -0.384 e. The Hall–Kier alpha value is -0.730. The smallest absolute Gasteiger partial charge is 0.0640 e. The molecule has 0 aliphatic rings. The summed E-state index contributed by atoms with van der Waals surface area (Å²) in [6.07, 6.45) is 1.12. The first-order chi connectivity index (χ1) is 7.09. The third kappa shape index (κ3) is 4.54. The van der Waals surface area contributed by atoms with Crippen LogP contribution in [0.3, 0.4) is 0 Å². The van der Waals surface area contributed by atoms with Gasteiger partial charge in [0.15, 0.2) is 0 Å². The molecule has 2 nitrogen and oxygen atoms in total. The fourth-order valence-electron chi connectivity index (χ4n) is 1.38. The molecular weight excluding hydrogens is 208 g/mol. The fraction of sp³-hybridized carbons (Fsp3) is 0.500. The highest BCUT2D eigenvalue weighted by Gasteiger charge is 1.99. The molecule has 0 amide bonds. The van der Waals surface area contributed by atoms with E-state index in [1.807, 2.05) is 19.1 Å². The highest BCUT2D eigenvalue weighted by atomic mass is 35.5. The summed E-state index contributed by atoms with van der Waals surface area (Å²) in [7, 11) is 4.16. The summed E-state index contributed by atoms with van der Waals surface area (Å²) >= 11 is 6.10. The monoisotopic (exact) mass is 226 g/mol. The minimum absolute atomic E-state index is 0.805. The second-order valence-corrected chi connectivity index (χ2v) is 4.47. The molecule has 0 saturated carbocycles. The van der Waals surface area contributed by atoms with Crippen molar-refractivity contribution in [1.29, 1.82) is 0 Å². The largest absolute Gasteiger partial charge is 0.384 e. The van der Waals surface area contributed by atoms with Gasteiger partial charge in [-0.25, -0.2) is 0 Å². The number of halogens is 1. The van der Waals surface area contributed by atoms with E-state index in [0.29, 0.717) is 0 Å². The van der Waals surface area contributed by atoms with Crippen LogP contribution in [0.4, 0.5) is 5.69 Å². The molecule has 3 heteroatoms. The van der Waals surface area contributed by atoms with Crippen LogP contribution in [0.25, 0.3) is 0 Å². The van der Waals surface area contributed by atoms with Gasteiger partial charge in [0.2, 0.25) is 0 Å². The van der Waals surface area contributed by atoms with Gasteiger partial charge >= 0.3 is 0 Å². The van der Waals surface area contributed by atoms with Crippen LogP contribution in [0, 0.1) is 6.92 Å². The Morgan fingerprint density at radius 3 is 2.67 bits per heavy atom. The highest BCUT2D eigenvalue weighted by molar-refractivity contribution is 6.33. The SMILES string of the molecule is Cc1ccc(NCCCN(C)C)c(Cl)c1. The van der Waals surface area contributed by atoms with E-state index in [1.165, 1.54) is 5.56 Å². The van der Waals surface area contributed by atoms with Gasteiger partial charge < -0.3 is 10.2 Å². The average molecular weight is 227 g/mol. The second-order valence-electron chi connectivity index (χ2n) is 4.07. The Kier molecular flexibility index (Phi) is 4.92. The molecule has 84 valence electrons. The Bertz CT molecular complexity index is 310. The number of aryl methyl sites for hydroxylation is 1. The molecule has 0 heterocycles. The normalized spacial score (nSPS) is 10.7. The number of benzene rings is 1. The van der Waals surface area contributed by atoms with E-state index in [-0.39, 0.29) is 0 Å². The van der Waals surface area contributed by atoms with Gasteiger partial charge in [0.1, 0.15) is 0 Å². The summed E-state index contributed by atoms with van der Waals surface area (Å²) in [6.45, 7) is 4.10. The van der Waals surface area contributed by atoms with Crippen molar-refractivity contribution >= 4 is 17.3 Å². The number of nitrogens with zero attached hydrogens (tertiary/aromatic N) is 1. The lowest BCUT2D eigenvalue weighted by Crippen LogP contribution is -2.16. The van der Waals surface area contributed by atoms with Gasteiger partial charge in [-0.15, -0.1) is 0 Å². The van der Waals surface area contributed by atoms with Gasteiger partial charge in [0.05, 0.1) is 10.7 Å². The van der Waals surface area contributed by atoms with Gasteiger partial charge in [-0.05, 0) is 51.7 Å². The molecule has 0 aliphatic heterocycles. The van der Waals surface area contributed by atoms with Crippen LogP contribution in [-0.2, 0) is 0 Å². The highest BCUT2D eigenvalue weighted by Crippen LogP contribution is 2.22. The predicted molar refractivity (Wildman–Crippen MR) is 67.8 cm³/mol. The lowest BCUT2D eigenvalue weighted by molar-refractivity contribution is 0.405. The third-order valence-corrected chi connectivity index (χ3v) is 2.53. The van der Waals surface area contributed by atoms with Crippen molar-refractivity contribution in [3.8, 4) is 0 Å². The van der Waals surface area contributed by atoms with Gasteiger partial charge in [0, 0.05) is 6.54 Å². The summed E-state index contributed by atoms with van der Waals surface area (Å²) in [6, 6.07) is 6.09. The van der Waals surface area contributed by atoms with Crippen molar-refractivity contribution in [1.82, 2.24) is 4.90 Å². The first kappa shape index (κ1) is 12.3. The summed E-state index contributed by atoms with van der Waals surface area (Å²) in [5.74, 6) is 0. The summed E-state index contributed by atoms with van der Waals surface area (Å²) in [4.78, 5) is 2.18. The molecule has 1 rings (SSSR count). The Balaban J connectivity index is 2.37. The van der Waals surface area contributed by atoms with Crippen LogP contribution >= 0.6 is 11.6 Å². The van der Waals surface area contributed by atoms with E-state index in [2.05, 4.69) is 30.4 Å². The van der Waals surface area contributed by atoms with Crippen LogP contribution in [0.2, 0.25) is 5.02 Å². The molecule has 15 heavy (non-hydrogen) atoms. The minimum atomic E-state index is 0.805. The third-order valence-electron chi connectivity index (χ3n) is 2.22. The second kappa shape index (κ2) is 5.99. The molecule has 0 fully saturated rings. The summed E-state index contributed by atoms with van der Waals surface area (Å²) in [5, 5.41) is 4.14. The molecular formula is C12H19ClN2. The topological polar surface area (TPSA) is 15.3 Å². The van der Waals surface area contributed by atoms with Gasteiger partial charge in [-0.1, -0.05) is 17.7 Å². The first-order valence-corrected chi connectivity index (χ1v) is 5.62. The van der Waals surface area contributed by atoms with Gasteiger partial charge in [-0.2, -0.15) is 0 Å². The van der Waals surface area contributed by atoms with E-state index in [4.69, 9.17) is 11.6 Å². The van der Waals surface area contributed by atoms with Crippen molar-refractivity contribution in [2.45, 2.75) is 13.3 Å². The maximum absolute atomic E-state index is 6.10. The zero-order chi connectivity index (χ0) is 11.3. The van der Waals surface area contributed by atoms with Gasteiger partial charge in [0.25, 0.3) is 0 Å². The zero-order valence-electron chi connectivity index (χ0n) is 9.68. The average Bonchev–Trinajstić information content (AvgIpc) is 2.14. The summed E-state index contributed by atoms with van der Waals surface area (Å²) < 4.78 is 0. The standard InChI is InChI=1S/C12H19ClN2/c1-10-5-6-12(11(13)9-10)14-7-4-8-15(2)3/h5-6,9,14H,4,7-8H2,1-3H3. The van der Waals surface area contributed by atoms with Crippen LogP contribution in [0.15, 0.2) is 18.2 Å². The molecule has 0 saturated heterocycles. The van der Waals surface area contributed by atoms with Crippen LogP contribution in [0.1, 0.15) is 12.0 Å². The Labute approximate surface area is 97.2 Å². The fourth-order valence-corrected chi connectivity index (χ4v) is 1.68. The van der Waals surface area contributed by atoms with E-state index in [9.17, 15) is 0 Å². The molecule has 0 radical (unpaired) electrons. The molecule has 0 bridgehead atoms. The van der Waals surface area contributed by atoms with Crippen LogP contribution in [-0.4, -0.2) is 32.1 Å². The molecule has 0 atom stereocenters. The van der Waals surface area contributed by atoms with E-state index < -0.39 is 0 Å². The lowest BCUT2D eigenvalue weighted by Gasteiger charge is -2.11. The Morgan fingerprint density at radius 2 is 2.07 bits per heavy atom. The zero-order valence-corrected chi connectivity index (χ0v) is 10.4. The molecule has 0 spiro atoms. The van der Waals surface area contributed by atoms with Crippen molar-refractivity contribution < 1.29 is 0 Å². The maximum atomic E-state index is 6.10. The van der Waals surface area contributed by atoms with E-state index in [0.717, 1.165) is 30.2 Å². The van der Waals surface area contributed by atoms with Crippen LogP contribution in [0.5, 0.6) is 0 Å². The Morgan fingerprint density at radius 1 is 1.33 bits per heavy atom. The summed E-state index contributed by atoms with van der Waals surface area (Å²) in [5.41, 5.74) is 2.22. The molecule has 1 aromatic carbocycles. The van der Waals surface area contributed by atoms with Crippen molar-refractivity contribution in [2.24, 2.45) is 0 Å². The van der Waals surface area contributed by atoms with Crippen LogP contribution < -0.4 is 5.32 Å². The predicted octanol–water partition coefficient (Wildman–Crippen LogP) is 3.01. The molecule has 1 N–H and O–H groups in total. The lowest BCUT2D eigenvalue weighted by atomic mass is 10.2. The number of anilines is 1. The van der Waals surface area contributed by atoms with Gasteiger partial charge in [-0.3, -0.25) is 0 Å². The molecule has 0 unspecified atom stereocenters. The quantitative estimate of drug-likeness (QED) is 0.777. The van der Waals surface area contributed by atoms with E-state index in [1.54, 1.807) is 0 Å². The molecule has 0 aliphatic carbocycles. The molecule has 0 aromatic heterocycles. The first-order valence-electron chi connectivity index (χ1n) is 5.24. The maximum Gasteiger partial charge on any atom is 0.0640 e. The van der Waals surface area contributed by atoms with Crippen molar-refractivity contribution in [3.05, 3.63) is 28.8 Å².